The lowest BCUT2D eigenvalue weighted by atomic mass is 10.2. The summed E-state index contributed by atoms with van der Waals surface area (Å²) in [6.07, 6.45) is 0.322. The zero-order valence-electron chi connectivity index (χ0n) is 8.06. The van der Waals surface area contributed by atoms with Crippen LogP contribution in [0, 0.1) is 0 Å². The highest BCUT2D eigenvalue weighted by Crippen LogP contribution is 2.35. The van der Waals surface area contributed by atoms with Gasteiger partial charge in [-0.25, -0.2) is 5.48 Å². The van der Waals surface area contributed by atoms with Gasteiger partial charge in [0.05, 0.1) is 0 Å². The van der Waals surface area contributed by atoms with Crippen LogP contribution in [0.4, 0.5) is 5.69 Å². The zero-order valence-corrected chi connectivity index (χ0v) is 8.88. The summed E-state index contributed by atoms with van der Waals surface area (Å²) in [6, 6.07) is 8.00. The molecule has 80 valence electrons. The molecule has 0 saturated heterocycles. The van der Waals surface area contributed by atoms with Crippen LogP contribution in [-0.4, -0.2) is 22.9 Å². The molecule has 1 atom stereocenters. The van der Waals surface area contributed by atoms with Crippen molar-refractivity contribution < 1.29 is 10.0 Å². The lowest BCUT2D eigenvalue weighted by molar-refractivity contribution is -0.129. The molecule has 0 radical (unpaired) electrons. The van der Waals surface area contributed by atoms with Crippen molar-refractivity contribution in [1.29, 1.82) is 0 Å². The molecule has 0 aromatic heterocycles. The van der Waals surface area contributed by atoms with Gasteiger partial charge in [0.25, 0.3) is 0 Å². The average Bonchev–Trinajstić information content (AvgIpc) is 2.29. The number of amides is 1. The maximum Gasteiger partial charge on any atom is 0.244 e. The van der Waals surface area contributed by atoms with Crippen LogP contribution in [0.5, 0.6) is 0 Å². The van der Waals surface area contributed by atoms with E-state index in [4.69, 9.17) is 5.21 Å². The van der Waals surface area contributed by atoms with Crippen LogP contribution in [-0.2, 0) is 4.79 Å². The Kier molecular flexibility index (Phi) is 3.13. The molecule has 1 aliphatic heterocycles. The van der Waals surface area contributed by atoms with Gasteiger partial charge in [0.15, 0.2) is 0 Å². The molecule has 1 aromatic carbocycles. The number of thioether (sulfide) groups is 1. The summed E-state index contributed by atoms with van der Waals surface area (Å²) in [6.45, 7) is 0.745. The molecule has 1 aliphatic rings. The van der Waals surface area contributed by atoms with Crippen LogP contribution in [0.3, 0.4) is 0 Å². The number of hydrogen-bond donors (Lipinski definition) is 3. The molecule has 0 bridgehead atoms. The summed E-state index contributed by atoms with van der Waals surface area (Å²) in [7, 11) is 0. The van der Waals surface area contributed by atoms with Crippen LogP contribution in [0.25, 0.3) is 0 Å². The smallest absolute Gasteiger partial charge is 0.244 e. The van der Waals surface area contributed by atoms with Crippen molar-refractivity contribution in [2.75, 3.05) is 11.9 Å². The predicted octanol–water partition coefficient (Wildman–Crippen LogP) is 1.47. The van der Waals surface area contributed by atoms with Gasteiger partial charge >= 0.3 is 0 Å². The Morgan fingerprint density at radius 2 is 2.40 bits per heavy atom. The molecule has 0 saturated carbocycles. The van der Waals surface area contributed by atoms with E-state index in [1.165, 1.54) is 0 Å². The topological polar surface area (TPSA) is 61.4 Å². The number of hydrogen-bond acceptors (Lipinski definition) is 4. The van der Waals surface area contributed by atoms with Gasteiger partial charge < -0.3 is 5.32 Å². The van der Waals surface area contributed by atoms with Crippen molar-refractivity contribution in [2.45, 2.75) is 16.6 Å². The van der Waals surface area contributed by atoms with Crippen LogP contribution in [0.2, 0.25) is 0 Å². The number of fused-ring (bicyclic) bond motifs is 1. The summed E-state index contributed by atoms with van der Waals surface area (Å²) in [5.41, 5.74) is 2.77. The summed E-state index contributed by atoms with van der Waals surface area (Å²) in [5, 5.41) is 11.9. The lowest BCUT2D eigenvalue weighted by Gasteiger charge is -2.24. The molecule has 0 fully saturated rings. The van der Waals surface area contributed by atoms with Crippen LogP contribution in [0.1, 0.15) is 6.42 Å². The van der Waals surface area contributed by atoms with E-state index < -0.39 is 0 Å². The van der Waals surface area contributed by atoms with E-state index in [2.05, 4.69) is 5.32 Å². The van der Waals surface area contributed by atoms with E-state index in [1.807, 2.05) is 24.3 Å². The van der Waals surface area contributed by atoms with E-state index >= 15 is 0 Å². The highest BCUT2D eigenvalue weighted by molar-refractivity contribution is 8.00. The molecule has 0 aliphatic carbocycles. The van der Waals surface area contributed by atoms with Gasteiger partial charge in [0.1, 0.15) is 0 Å². The number of hydroxylamine groups is 1. The maximum atomic E-state index is 11.0. The standard InChI is InChI=1S/C10H12N2O2S/c13-10(12-14)5-7-6-11-8-3-1-2-4-9(8)15-7/h1-4,7,11,14H,5-6H2,(H,12,13). The number of benzene rings is 1. The summed E-state index contributed by atoms with van der Waals surface area (Å²) >= 11 is 1.67. The molecule has 1 amide bonds. The van der Waals surface area contributed by atoms with E-state index in [1.54, 1.807) is 17.2 Å². The monoisotopic (exact) mass is 224 g/mol. The molecule has 1 heterocycles. The maximum absolute atomic E-state index is 11.0. The second-order valence-electron chi connectivity index (χ2n) is 3.36. The first-order valence-corrected chi connectivity index (χ1v) is 5.60. The Morgan fingerprint density at radius 1 is 1.60 bits per heavy atom. The predicted molar refractivity (Wildman–Crippen MR) is 59.1 cm³/mol. The number of carbonyl (C=O) groups excluding carboxylic acids is 1. The van der Waals surface area contributed by atoms with E-state index in [0.717, 1.165) is 17.1 Å². The zero-order chi connectivity index (χ0) is 10.7. The van der Waals surface area contributed by atoms with Gasteiger partial charge in [-0.05, 0) is 12.1 Å². The molecule has 1 unspecified atom stereocenters. The summed E-state index contributed by atoms with van der Waals surface area (Å²) in [5.74, 6) is -0.339. The van der Waals surface area contributed by atoms with E-state index in [9.17, 15) is 4.79 Å². The van der Waals surface area contributed by atoms with Crippen molar-refractivity contribution in [1.82, 2.24) is 5.48 Å². The SMILES string of the molecule is O=C(CC1CNc2ccccc2S1)NO. The van der Waals surface area contributed by atoms with Crippen molar-refractivity contribution in [3.63, 3.8) is 0 Å². The Balaban J connectivity index is 2.02. The van der Waals surface area contributed by atoms with Crippen molar-refractivity contribution >= 4 is 23.4 Å². The van der Waals surface area contributed by atoms with Crippen molar-refractivity contribution in [3.05, 3.63) is 24.3 Å². The highest BCUT2D eigenvalue weighted by Gasteiger charge is 2.20. The Labute approximate surface area is 92.0 Å². The van der Waals surface area contributed by atoms with E-state index in [0.29, 0.717) is 6.42 Å². The molecule has 1 aromatic rings. The fraction of sp³-hybridized carbons (Fsp3) is 0.300. The van der Waals surface area contributed by atoms with Gasteiger partial charge in [0.2, 0.25) is 5.91 Å². The minimum Gasteiger partial charge on any atom is -0.383 e. The van der Waals surface area contributed by atoms with Gasteiger partial charge in [-0.3, -0.25) is 10.0 Å². The molecule has 4 nitrogen and oxygen atoms in total. The normalized spacial score (nSPS) is 18.9. The molecule has 15 heavy (non-hydrogen) atoms. The first kappa shape index (κ1) is 10.3. The van der Waals surface area contributed by atoms with Gasteiger partial charge in [-0.2, -0.15) is 0 Å². The largest absolute Gasteiger partial charge is 0.383 e. The summed E-state index contributed by atoms with van der Waals surface area (Å²) in [4.78, 5) is 12.1. The van der Waals surface area contributed by atoms with Gasteiger partial charge in [-0.15, -0.1) is 11.8 Å². The fourth-order valence-electron chi connectivity index (χ4n) is 1.53. The minimum atomic E-state index is -0.339. The van der Waals surface area contributed by atoms with Crippen LogP contribution in [0.15, 0.2) is 29.2 Å². The van der Waals surface area contributed by atoms with Crippen LogP contribution < -0.4 is 10.8 Å². The number of rotatable bonds is 2. The Hall–Kier alpha value is -1.20. The third-order valence-electron chi connectivity index (χ3n) is 2.24. The first-order chi connectivity index (χ1) is 7.29. The number of carbonyl (C=O) groups is 1. The first-order valence-electron chi connectivity index (χ1n) is 4.72. The quantitative estimate of drug-likeness (QED) is 0.526. The molecule has 0 spiro atoms. The highest BCUT2D eigenvalue weighted by atomic mass is 32.2. The number of anilines is 1. The third-order valence-corrected chi connectivity index (χ3v) is 3.52. The lowest BCUT2D eigenvalue weighted by Crippen LogP contribution is -2.29. The second kappa shape index (κ2) is 4.55. The van der Waals surface area contributed by atoms with Gasteiger partial charge in [-0.1, -0.05) is 12.1 Å². The molecular formula is C10H12N2O2S. The van der Waals surface area contributed by atoms with Crippen molar-refractivity contribution in [3.8, 4) is 0 Å². The minimum absolute atomic E-state index is 0.173. The van der Waals surface area contributed by atoms with Gasteiger partial charge in [0, 0.05) is 28.8 Å². The number of para-hydroxylation sites is 1. The Morgan fingerprint density at radius 3 is 3.20 bits per heavy atom. The number of nitrogens with one attached hydrogen (secondary N) is 2. The summed E-state index contributed by atoms with van der Waals surface area (Å²) < 4.78 is 0. The van der Waals surface area contributed by atoms with E-state index in [-0.39, 0.29) is 11.2 Å². The van der Waals surface area contributed by atoms with Crippen LogP contribution >= 0.6 is 11.8 Å². The Bertz CT molecular complexity index is 370. The molecule has 2 rings (SSSR count). The second-order valence-corrected chi connectivity index (χ2v) is 4.70. The molecule has 5 heteroatoms. The third kappa shape index (κ3) is 2.43. The molecular weight excluding hydrogens is 212 g/mol. The van der Waals surface area contributed by atoms with Crippen molar-refractivity contribution in [2.24, 2.45) is 0 Å². The fourth-order valence-corrected chi connectivity index (χ4v) is 2.71. The average molecular weight is 224 g/mol. The molecule has 3 N–H and O–H groups in total.